The molecule has 0 aromatic heterocycles. The van der Waals surface area contributed by atoms with E-state index in [1.54, 1.807) is 7.05 Å². The van der Waals surface area contributed by atoms with Gasteiger partial charge in [-0.05, 0) is 19.1 Å². The molecule has 0 saturated heterocycles. The molecule has 1 rings (SSSR count). The number of carbonyl (C=O) groups excluding carboxylic acids is 1. The van der Waals surface area contributed by atoms with E-state index in [-0.39, 0.29) is 6.03 Å². The van der Waals surface area contributed by atoms with Crippen molar-refractivity contribution in [3.63, 3.8) is 0 Å². The van der Waals surface area contributed by atoms with E-state index < -0.39 is 0 Å². The van der Waals surface area contributed by atoms with Crippen LogP contribution in [0, 0.1) is 0 Å². The lowest BCUT2D eigenvalue weighted by Crippen LogP contribution is -2.32. The summed E-state index contributed by atoms with van der Waals surface area (Å²) in [5.41, 5.74) is 0.865. The molecule has 1 radical (unpaired) electrons. The second-order valence-corrected chi connectivity index (χ2v) is 2.65. The van der Waals surface area contributed by atoms with Crippen molar-refractivity contribution < 1.29 is 4.79 Å². The van der Waals surface area contributed by atoms with Gasteiger partial charge in [0.1, 0.15) is 0 Å². The van der Waals surface area contributed by atoms with Crippen LogP contribution in [0.15, 0.2) is 30.3 Å². The van der Waals surface area contributed by atoms with Crippen LogP contribution in [0.4, 0.5) is 10.5 Å². The quantitative estimate of drug-likeness (QED) is 0.679. The minimum atomic E-state index is -0.200. The van der Waals surface area contributed by atoms with E-state index in [9.17, 15) is 4.79 Å². The Bertz CT molecular complexity index is 272. The summed E-state index contributed by atoms with van der Waals surface area (Å²) in [7, 11) is 1.72. The first kappa shape index (κ1) is 9.58. The van der Waals surface area contributed by atoms with Crippen LogP contribution >= 0.6 is 0 Å². The van der Waals surface area contributed by atoms with Crippen LogP contribution < -0.4 is 10.2 Å². The van der Waals surface area contributed by atoms with Crippen LogP contribution in [0.5, 0.6) is 0 Å². The van der Waals surface area contributed by atoms with Gasteiger partial charge in [-0.1, -0.05) is 18.2 Å². The summed E-state index contributed by atoms with van der Waals surface area (Å²) in [6, 6.07) is 9.26. The predicted molar refractivity (Wildman–Crippen MR) is 52.9 cm³/mol. The molecule has 0 aliphatic heterocycles. The summed E-state index contributed by atoms with van der Waals surface area (Å²) in [4.78, 5) is 12.8. The predicted octanol–water partition coefficient (Wildman–Crippen LogP) is 1.87. The standard InChI is InChI=1S/C10H13N2O/c1-3-11-10(13)12(2)9-7-5-4-6-8-9/h4-8H,3H2,1-2H3. The average Bonchev–Trinajstić information content (AvgIpc) is 2.18. The van der Waals surface area contributed by atoms with Gasteiger partial charge in [0, 0.05) is 19.3 Å². The highest BCUT2D eigenvalue weighted by Crippen LogP contribution is 2.10. The average molecular weight is 177 g/mol. The number of amides is 2. The molecule has 3 heteroatoms. The Balaban J connectivity index is 2.68. The fourth-order valence-corrected chi connectivity index (χ4v) is 1.00. The van der Waals surface area contributed by atoms with Crippen molar-refractivity contribution in [3.05, 3.63) is 30.3 Å². The van der Waals surface area contributed by atoms with Crippen molar-refractivity contribution in [1.82, 2.24) is 5.32 Å². The highest BCUT2D eigenvalue weighted by molar-refractivity contribution is 5.90. The van der Waals surface area contributed by atoms with Gasteiger partial charge in [0.25, 0.3) is 0 Å². The molecule has 0 fully saturated rings. The van der Waals surface area contributed by atoms with Crippen molar-refractivity contribution in [2.24, 2.45) is 0 Å². The molecule has 0 heterocycles. The van der Waals surface area contributed by atoms with Gasteiger partial charge >= 0.3 is 6.03 Å². The molecular weight excluding hydrogens is 164 g/mol. The van der Waals surface area contributed by atoms with E-state index in [2.05, 4.69) is 5.32 Å². The second kappa shape index (κ2) is 4.50. The molecule has 1 aromatic carbocycles. The van der Waals surface area contributed by atoms with Gasteiger partial charge in [-0.25, -0.2) is 10.1 Å². The van der Waals surface area contributed by atoms with Gasteiger partial charge < -0.3 is 0 Å². The Morgan fingerprint density at radius 1 is 1.38 bits per heavy atom. The molecule has 13 heavy (non-hydrogen) atoms. The van der Waals surface area contributed by atoms with E-state index in [1.807, 2.05) is 37.3 Å². The van der Waals surface area contributed by atoms with Gasteiger partial charge in [-0.3, -0.25) is 4.90 Å². The van der Waals surface area contributed by atoms with Gasteiger partial charge in [-0.15, -0.1) is 0 Å². The number of urea groups is 1. The summed E-state index contributed by atoms with van der Waals surface area (Å²) in [6.07, 6.45) is 0. The Morgan fingerprint density at radius 2 is 2.00 bits per heavy atom. The largest absolute Gasteiger partial charge is 0.343 e. The summed E-state index contributed by atoms with van der Waals surface area (Å²) in [6.45, 7) is 2.37. The third kappa shape index (κ3) is 2.47. The van der Waals surface area contributed by atoms with E-state index in [4.69, 9.17) is 0 Å². The molecule has 0 unspecified atom stereocenters. The maximum atomic E-state index is 11.3. The Morgan fingerprint density at radius 3 is 2.54 bits per heavy atom. The monoisotopic (exact) mass is 177 g/mol. The molecule has 0 aliphatic carbocycles. The Kier molecular flexibility index (Phi) is 3.31. The molecule has 0 atom stereocenters. The molecule has 3 nitrogen and oxygen atoms in total. The first-order chi connectivity index (χ1) is 6.25. The van der Waals surface area contributed by atoms with Crippen LogP contribution in [0.1, 0.15) is 6.92 Å². The molecule has 0 aliphatic rings. The molecule has 0 spiro atoms. The normalized spacial score (nSPS) is 9.38. The van der Waals surface area contributed by atoms with Gasteiger partial charge in [0.2, 0.25) is 0 Å². The zero-order valence-corrected chi connectivity index (χ0v) is 7.90. The minimum absolute atomic E-state index is 0.200. The van der Waals surface area contributed by atoms with Crippen molar-refractivity contribution in [3.8, 4) is 0 Å². The molecule has 69 valence electrons. The zero-order chi connectivity index (χ0) is 9.68. The molecule has 1 aromatic rings. The highest BCUT2D eigenvalue weighted by atomic mass is 16.2. The van der Waals surface area contributed by atoms with Crippen molar-refractivity contribution in [2.45, 2.75) is 6.92 Å². The van der Waals surface area contributed by atoms with E-state index in [0.29, 0.717) is 6.54 Å². The number of anilines is 1. The number of para-hydroxylation sites is 1. The number of hydrogen-bond acceptors (Lipinski definition) is 1. The third-order valence-electron chi connectivity index (χ3n) is 1.72. The molecule has 0 N–H and O–H groups in total. The van der Waals surface area contributed by atoms with E-state index >= 15 is 0 Å². The summed E-state index contributed by atoms with van der Waals surface area (Å²) in [5.74, 6) is 0. The maximum Gasteiger partial charge on any atom is 0.343 e. The van der Waals surface area contributed by atoms with Crippen molar-refractivity contribution >= 4 is 11.7 Å². The number of nitrogens with zero attached hydrogens (tertiary/aromatic N) is 2. The Hall–Kier alpha value is -1.51. The first-order valence-electron chi connectivity index (χ1n) is 4.26. The topological polar surface area (TPSA) is 34.4 Å². The third-order valence-corrected chi connectivity index (χ3v) is 1.72. The van der Waals surface area contributed by atoms with Crippen LogP contribution in [0.25, 0.3) is 0 Å². The van der Waals surface area contributed by atoms with Crippen LogP contribution in [-0.2, 0) is 0 Å². The fraction of sp³-hybridized carbons (Fsp3) is 0.300. The summed E-state index contributed by atoms with van der Waals surface area (Å²) in [5, 5.41) is 3.79. The van der Waals surface area contributed by atoms with E-state index in [1.165, 1.54) is 4.90 Å². The molecule has 0 saturated carbocycles. The molecular formula is C10H13N2O. The lowest BCUT2D eigenvalue weighted by Gasteiger charge is -2.15. The maximum absolute atomic E-state index is 11.3. The summed E-state index contributed by atoms with van der Waals surface area (Å²) < 4.78 is 0. The number of hydrogen-bond donors (Lipinski definition) is 0. The molecule has 0 bridgehead atoms. The Labute approximate surface area is 78.4 Å². The lowest BCUT2D eigenvalue weighted by molar-refractivity contribution is 0.247. The number of benzene rings is 1. The van der Waals surface area contributed by atoms with Crippen molar-refractivity contribution in [1.29, 1.82) is 0 Å². The first-order valence-corrected chi connectivity index (χ1v) is 4.26. The fourth-order valence-electron chi connectivity index (χ4n) is 1.00. The second-order valence-electron chi connectivity index (χ2n) is 2.65. The van der Waals surface area contributed by atoms with Crippen LogP contribution in [-0.4, -0.2) is 19.6 Å². The lowest BCUT2D eigenvalue weighted by atomic mass is 10.3. The van der Waals surface area contributed by atoms with Gasteiger partial charge in [-0.2, -0.15) is 0 Å². The van der Waals surface area contributed by atoms with E-state index in [0.717, 1.165) is 5.69 Å². The molecule has 2 amide bonds. The number of rotatable bonds is 2. The van der Waals surface area contributed by atoms with Gasteiger partial charge in [0.05, 0.1) is 0 Å². The number of carbonyl (C=O) groups is 1. The van der Waals surface area contributed by atoms with Crippen molar-refractivity contribution in [2.75, 3.05) is 18.5 Å². The smallest absolute Gasteiger partial charge is 0.296 e. The van der Waals surface area contributed by atoms with Gasteiger partial charge in [0.15, 0.2) is 0 Å². The van der Waals surface area contributed by atoms with Crippen LogP contribution in [0.3, 0.4) is 0 Å². The van der Waals surface area contributed by atoms with Crippen LogP contribution in [0.2, 0.25) is 0 Å². The summed E-state index contributed by atoms with van der Waals surface area (Å²) >= 11 is 0. The SMILES string of the molecule is CC[N]C(=O)N(C)c1ccccc1. The zero-order valence-electron chi connectivity index (χ0n) is 7.90. The minimum Gasteiger partial charge on any atom is -0.296 e. The highest BCUT2D eigenvalue weighted by Gasteiger charge is 2.09.